The molecular weight excluding hydrogens is 276 g/mol. The number of hydrogen-bond donors (Lipinski definition) is 2. The zero-order chi connectivity index (χ0) is 15.2. The van der Waals surface area contributed by atoms with Crippen LogP contribution in [0, 0.1) is 0 Å². The summed E-state index contributed by atoms with van der Waals surface area (Å²) in [6.07, 6.45) is 1.31. The molecule has 2 saturated heterocycles. The maximum Gasteiger partial charge on any atom is 0.246 e. The molecule has 7 heteroatoms. The molecule has 2 heterocycles. The molecule has 2 rings (SSSR count). The third-order valence-corrected chi connectivity index (χ3v) is 4.18. The summed E-state index contributed by atoms with van der Waals surface area (Å²) >= 11 is 0. The first kappa shape index (κ1) is 16.6. The largest absolute Gasteiger partial charge is 0.388 e. The second kappa shape index (κ2) is 8.05. The summed E-state index contributed by atoms with van der Waals surface area (Å²) in [6, 6.07) is 0.0362. The molecule has 0 radical (unpaired) electrons. The van der Waals surface area contributed by atoms with Crippen molar-refractivity contribution in [2.75, 3.05) is 47.1 Å². The van der Waals surface area contributed by atoms with Gasteiger partial charge in [0.05, 0.1) is 25.4 Å². The monoisotopic (exact) mass is 302 g/mol. The maximum absolute atomic E-state index is 11.5. The van der Waals surface area contributed by atoms with Crippen molar-refractivity contribution < 1.29 is 24.1 Å². The van der Waals surface area contributed by atoms with E-state index in [1.54, 1.807) is 7.11 Å². The van der Waals surface area contributed by atoms with Gasteiger partial charge < -0.3 is 24.6 Å². The van der Waals surface area contributed by atoms with Crippen molar-refractivity contribution >= 4 is 5.91 Å². The van der Waals surface area contributed by atoms with Crippen LogP contribution in [0.25, 0.3) is 0 Å². The van der Waals surface area contributed by atoms with Gasteiger partial charge in [-0.3, -0.25) is 9.69 Å². The number of nitrogens with zero attached hydrogens (tertiary/aromatic N) is 1. The number of likely N-dealkylation sites (tertiary alicyclic amines) is 1. The van der Waals surface area contributed by atoms with E-state index in [0.29, 0.717) is 25.8 Å². The fourth-order valence-corrected chi connectivity index (χ4v) is 3.10. The number of carbonyl (C=O) groups excluding carboxylic acids is 1. The van der Waals surface area contributed by atoms with Crippen molar-refractivity contribution in [2.45, 2.75) is 37.1 Å². The van der Waals surface area contributed by atoms with Crippen molar-refractivity contribution in [3.8, 4) is 0 Å². The minimum absolute atomic E-state index is 0.00404. The zero-order valence-electron chi connectivity index (χ0n) is 12.8. The van der Waals surface area contributed by atoms with Gasteiger partial charge in [0.15, 0.2) is 0 Å². The lowest BCUT2D eigenvalue weighted by molar-refractivity contribution is -0.126. The van der Waals surface area contributed by atoms with Crippen LogP contribution >= 0.6 is 0 Å². The number of carbonyl (C=O) groups is 1. The number of nitrogens with one attached hydrogen (secondary N) is 1. The van der Waals surface area contributed by atoms with Gasteiger partial charge in [-0.25, -0.2) is 0 Å². The Bertz CT molecular complexity index is 341. The Kier molecular flexibility index (Phi) is 6.38. The second-order valence-electron chi connectivity index (χ2n) is 5.72. The van der Waals surface area contributed by atoms with E-state index in [1.165, 1.54) is 7.11 Å². The van der Waals surface area contributed by atoms with Crippen molar-refractivity contribution in [3.05, 3.63) is 0 Å². The van der Waals surface area contributed by atoms with E-state index in [0.717, 1.165) is 19.4 Å². The Morgan fingerprint density at radius 1 is 1.43 bits per heavy atom. The SMILES string of the molecule is COCC(=O)N[C@H]1CO[C@@H](CN2CCC[C@@H]2COC)[C@@H]1O. The van der Waals surface area contributed by atoms with Gasteiger partial charge in [-0.15, -0.1) is 0 Å². The van der Waals surface area contributed by atoms with Crippen LogP contribution < -0.4 is 5.32 Å². The standard InChI is InChI=1S/C14H26N2O5/c1-19-7-10-4-3-5-16(10)6-12-14(18)11(8-21-12)15-13(17)9-20-2/h10-12,14,18H,3-9H2,1-2H3,(H,15,17)/t10-,11+,12+,14-/m1/s1. The van der Waals surface area contributed by atoms with Crippen LogP contribution in [-0.4, -0.2) is 87.3 Å². The fraction of sp³-hybridized carbons (Fsp3) is 0.929. The van der Waals surface area contributed by atoms with Gasteiger partial charge >= 0.3 is 0 Å². The number of amides is 1. The number of aliphatic hydroxyl groups is 1. The second-order valence-corrected chi connectivity index (χ2v) is 5.72. The summed E-state index contributed by atoms with van der Waals surface area (Å²) in [5.41, 5.74) is 0. The van der Waals surface area contributed by atoms with E-state index in [9.17, 15) is 9.90 Å². The Morgan fingerprint density at radius 2 is 2.24 bits per heavy atom. The molecule has 2 aliphatic rings. The topological polar surface area (TPSA) is 80.3 Å². The first-order chi connectivity index (χ1) is 10.2. The highest BCUT2D eigenvalue weighted by Crippen LogP contribution is 2.22. The van der Waals surface area contributed by atoms with Crippen molar-refractivity contribution in [1.82, 2.24) is 10.2 Å². The van der Waals surface area contributed by atoms with Gasteiger partial charge in [-0.2, -0.15) is 0 Å². The summed E-state index contributed by atoms with van der Waals surface area (Å²) in [7, 11) is 3.17. The molecule has 0 aromatic carbocycles. The lowest BCUT2D eigenvalue weighted by Gasteiger charge is -2.28. The highest BCUT2D eigenvalue weighted by molar-refractivity contribution is 5.77. The van der Waals surface area contributed by atoms with E-state index in [1.807, 2.05) is 0 Å². The van der Waals surface area contributed by atoms with Gasteiger partial charge in [0.2, 0.25) is 5.91 Å². The molecule has 0 saturated carbocycles. The molecule has 0 aliphatic carbocycles. The van der Waals surface area contributed by atoms with Gasteiger partial charge in [0.25, 0.3) is 0 Å². The van der Waals surface area contributed by atoms with Crippen LogP contribution in [0.1, 0.15) is 12.8 Å². The molecule has 21 heavy (non-hydrogen) atoms. The Labute approximate surface area is 125 Å². The predicted octanol–water partition coefficient (Wildman–Crippen LogP) is -1.01. The number of hydrogen-bond acceptors (Lipinski definition) is 6. The van der Waals surface area contributed by atoms with Gasteiger partial charge in [0, 0.05) is 26.8 Å². The minimum atomic E-state index is -0.686. The van der Waals surface area contributed by atoms with Crippen LogP contribution in [0.5, 0.6) is 0 Å². The van der Waals surface area contributed by atoms with Gasteiger partial charge in [0.1, 0.15) is 12.7 Å². The third-order valence-electron chi connectivity index (χ3n) is 4.18. The zero-order valence-corrected chi connectivity index (χ0v) is 12.8. The molecule has 122 valence electrons. The number of aliphatic hydroxyl groups excluding tert-OH is 1. The molecule has 0 aromatic heterocycles. The molecule has 0 aromatic rings. The summed E-state index contributed by atoms with van der Waals surface area (Å²) in [5.74, 6) is -0.232. The number of methoxy groups -OCH3 is 2. The predicted molar refractivity (Wildman–Crippen MR) is 76.0 cm³/mol. The smallest absolute Gasteiger partial charge is 0.246 e. The third kappa shape index (κ3) is 4.37. The summed E-state index contributed by atoms with van der Waals surface area (Å²) in [6.45, 7) is 2.71. The Balaban J connectivity index is 1.81. The van der Waals surface area contributed by atoms with Crippen LogP contribution in [0.2, 0.25) is 0 Å². The van der Waals surface area contributed by atoms with Crippen molar-refractivity contribution in [3.63, 3.8) is 0 Å². The molecule has 2 fully saturated rings. The molecule has 1 amide bonds. The molecule has 4 atom stereocenters. The van der Waals surface area contributed by atoms with Crippen LogP contribution in [0.15, 0.2) is 0 Å². The fourth-order valence-electron chi connectivity index (χ4n) is 3.10. The van der Waals surface area contributed by atoms with Crippen molar-refractivity contribution in [2.24, 2.45) is 0 Å². The molecule has 7 nitrogen and oxygen atoms in total. The minimum Gasteiger partial charge on any atom is -0.388 e. The first-order valence-corrected chi connectivity index (χ1v) is 7.46. The summed E-state index contributed by atoms with van der Waals surface area (Å²) < 4.78 is 15.7. The summed E-state index contributed by atoms with van der Waals surface area (Å²) in [5, 5.41) is 13.0. The number of ether oxygens (including phenoxy) is 3. The summed E-state index contributed by atoms with van der Waals surface area (Å²) in [4.78, 5) is 13.8. The van der Waals surface area contributed by atoms with E-state index in [4.69, 9.17) is 14.2 Å². The molecule has 2 aliphatic heterocycles. The molecular formula is C14H26N2O5. The molecule has 0 bridgehead atoms. The van der Waals surface area contributed by atoms with Crippen LogP contribution in [0.3, 0.4) is 0 Å². The lowest BCUT2D eigenvalue weighted by Crippen LogP contribution is -2.48. The van der Waals surface area contributed by atoms with E-state index < -0.39 is 6.10 Å². The maximum atomic E-state index is 11.5. The molecule has 0 unspecified atom stereocenters. The van der Waals surface area contributed by atoms with Gasteiger partial charge in [-0.1, -0.05) is 0 Å². The van der Waals surface area contributed by atoms with E-state index in [2.05, 4.69) is 10.2 Å². The molecule has 0 spiro atoms. The number of rotatable bonds is 7. The lowest BCUT2D eigenvalue weighted by atomic mass is 10.1. The van der Waals surface area contributed by atoms with E-state index in [-0.39, 0.29) is 24.7 Å². The van der Waals surface area contributed by atoms with Gasteiger partial charge in [-0.05, 0) is 19.4 Å². The van der Waals surface area contributed by atoms with E-state index >= 15 is 0 Å². The first-order valence-electron chi connectivity index (χ1n) is 7.46. The quantitative estimate of drug-likeness (QED) is 0.627. The van der Waals surface area contributed by atoms with Crippen LogP contribution in [0.4, 0.5) is 0 Å². The average Bonchev–Trinajstić information content (AvgIpc) is 3.02. The van der Waals surface area contributed by atoms with Crippen LogP contribution in [-0.2, 0) is 19.0 Å². The Hall–Kier alpha value is -0.730. The highest BCUT2D eigenvalue weighted by Gasteiger charge is 2.39. The highest BCUT2D eigenvalue weighted by atomic mass is 16.5. The molecule has 2 N–H and O–H groups in total. The van der Waals surface area contributed by atoms with Crippen molar-refractivity contribution in [1.29, 1.82) is 0 Å². The Morgan fingerprint density at radius 3 is 2.95 bits per heavy atom. The average molecular weight is 302 g/mol. The normalized spacial score (nSPS) is 33.5.